The zero-order chi connectivity index (χ0) is 20.0. The summed E-state index contributed by atoms with van der Waals surface area (Å²) in [5, 5.41) is 5.81. The molecule has 0 fully saturated rings. The first-order valence-electron chi connectivity index (χ1n) is 8.52. The van der Waals surface area contributed by atoms with Crippen molar-refractivity contribution >= 4 is 50.9 Å². The van der Waals surface area contributed by atoms with E-state index in [0.29, 0.717) is 5.69 Å². The Labute approximate surface area is 173 Å². The molecule has 0 saturated carbocycles. The summed E-state index contributed by atoms with van der Waals surface area (Å²) in [6.07, 6.45) is 1.97. The molecule has 1 unspecified atom stereocenters. The first-order valence-corrected chi connectivity index (χ1v) is 10.5. The number of carbonyl (C=O) groups is 2. The Kier molecular flexibility index (Phi) is 7.89. The third kappa shape index (κ3) is 6.09. The van der Waals surface area contributed by atoms with E-state index in [-0.39, 0.29) is 18.4 Å². The number of nitrogens with zero attached hydrogens (tertiary/aromatic N) is 1. The monoisotopic (exact) mass is 449 g/mol. The van der Waals surface area contributed by atoms with Gasteiger partial charge in [0.2, 0.25) is 11.8 Å². The van der Waals surface area contributed by atoms with Gasteiger partial charge < -0.3 is 10.6 Å². The molecule has 0 aliphatic heterocycles. The summed E-state index contributed by atoms with van der Waals surface area (Å²) in [7, 11) is 1.76. The molecule has 2 amide bonds. The molecule has 2 rings (SSSR count). The van der Waals surface area contributed by atoms with Gasteiger partial charge in [-0.05, 0) is 72.9 Å². The van der Waals surface area contributed by atoms with E-state index in [0.717, 1.165) is 20.6 Å². The Morgan fingerprint density at radius 3 is 2.52 bits per heavy atom. The highest BCUT2D eigenvalue weighted by Crippen LogP contribution is 2.25. The molecule has 2 N–H and O–H groups in total. The fraction of sp³-hybridized carbons (Fsp3) is 0.300. The Morgan fingerprint density at radius 1 is 1.15 bits per heavy atom. The number of amides is 2. The molecular weight excluding hydrogens is 426 g/mol. The number of para-hydroxylation sites is 1. The smallest absolute Gasteiger partial charge is 0.241 e. The van der Waals surface area contributed by atoms with Gasteiger partial charge in [-0.15, -0.1) is 11.8 Å². The maximum atomic E-state index is 12.5. The van der Waals surface area contributed by atoms with Crippen LogP contribution in [0.1, 0.15) is 12.5 Å². The van der Waals surface area contributed by atoms with Gasteiger partial charge in [0, 0.05) is 9.37 Å². The van der Waals surface area contributed by atoms with Crippen LogP contribution in [-0.2, 0) is 9.59 Å². The Balaban J connectivity index is 1.94. The molecule has 0 saturated heterocycles. The van der Waals surface area contributed by atoms with Gasteiger partial charge in [-0.3, -0.25) is 14.5 Å². The molecule has 0 aliphatic carbocycles. The molecule has 27 heavy (non-hydrogen) atoms. The van der Waals surface area contributed by atoms with Crippen LogP contribution in [0, 0.1) is 6.92 Å². The van der Waals surface area contributed by atoms with E-state index in [1.165, 1.54) is 0 Å². The predicted octanol–water partition coefficient (Wildman–Crippen LogP) is 4.38. The van der Waals surface area contributed by atoms with Crippen LogP contribution in [0.4, 0.5) is 11.4 Å². The third-order valence-electron chi connectivity index (χ3n) is 4.20. The molecule has 0 heterocycles. The summed E-state index contributed by atoms with van der Waals surface area (Å²) in [4.78, 5) is 27.6. The number of hydrogen-bond donors (Lipinski definition) is 2. The quantitative estimate of drug-likeness (QED) is 0.615. The minimum absolute atomic E-state index is 0.117. The van der Waals surface area contributed by atoms with E-state index in [2.05, 4.69) is 26.6 Å². The van der Waals surface area contributed by atoms with Gasteiger partial charge in [0.15, 0.2) is 0 Å². The number of thioether (sulfide) groups is 1. The number of nitrogens with one attached hydrogen (secondary N) is 2. The Morgan fingerprint density at radius 2 is 1.85 bits per heavy atom. The number of anilines is 2. The van der Waals surface area contributed by atoms with Gasteiger partial charge in [-0.25, -0.2) is 0 Å². The van der Waals surface area contributed by atoms with Crippen LogP contribution in [0.25, 0.3) is 0 Å². The number of benzene rings is 2. The van der Waals surface area contributed by atoms with Gasteiger partial charge in [-0.2, -0.15) is 0 Å². The lowest BCUT2D eigenvalue weighted by atomic mass is 10.2. The second kappa shape index (κ2) is 9.92. The predicted molar refractivity (Wildman–Crippen MR) is 116 cm³/mol. The van der Waals surface area contributed by atoms with Gasteiger partial charge in [0.05, 0.1) is 24.0 Å². The maximum Gasteiger partial charge on any atom is 0.241 e. The average molecular weight is 450 g/mol. The van der Waals surface area contributed by atoms with Crippen molar-refractivity contribution in [2.24, 2.45) is 0 Å². The lowest BCUT2D eigenvalue weighted by Crippen LogP contribution is -2.43. The van der Waals surface area contributed by atoms with Crippen molar-refractivity contribution in [3.63, 3.8) is 0 Å². The first-order chi connectivity index (χ1) is 12.8. The van der Waals surface area contributed by atoms with Crippen LogP contribution in [0.2, 0.25) is 0 Å². The normalized spacial score (nSPS) is 11.9. The SMILES string of the molecule is CSc1ccccc1NC(=O)CN(C)C(C)C(=O)Nc1ccc(C)cc1Br. The molecule has 0 bridgehead atoms. The lowest BCUT2D eigenvalue weighted by Gasteiger charge is -2.23. The topological polar surface area (TPSA) is 61.4 Å². The summed E-state index contributed by atoms with van der Waals surface area (Å²) >= 11 is 5.03. The van der Waals surface area contributed by atoms with Gasteiger partial charge in [0.1, 0.15) is 0 Å². The average Bonchev–Trinajstić information content (AvgIpc) is 2.63. The fourth-order valence-electron chi connectivity index (χ4n) is 2.46. The summed E-state index contributed by atoms with van der Waals surface area (Å²) in [5.41, 5.74) is 2.60. The van der Waals surface area contributed by atoms with E-state index in [9.17, 15) is 9.59 Å². The van der Waals surface area contributed by atoms with Crippen molar-refractivity contribution in [3.8, 4) is 0 Å². The molecule has 1 atom stereocenters. The largest absolute Gasteiger partial charge is 0.324 e. The Bertz CT molecular complexity index is 829. The zero-order valence-corrected chi connectivity index (χ0v) is 18.3. The van der Waals surface area contributed by atoms with Gasteiger partial charge in [-0.1, -0.05) is 18.2 Å². The zero-order valence-electron chi connectivity index (χ0n) is 15.9. The molecule has 144 valence electrons. The van der Waals surface area contributed by atoms with Gasteiger partial charge >= 0.3 is 0 Å². The van der Waals surface area contributed by atoms with Crippen LogP contribution >= 0.6 is 27.7 Å². The van der Waals surface area contributed by atoms with Crippen molar-refractivity contribution in [2.75, 3.05) is 30.5 Å². The van der Waals surface area contributed by atoms with Crippen LogP contribution in [0.15, 0.2) is 51.8 Å². The summed E-state index contributed by atoms with van der Waals surface area (Å²) in [5.74, 6) is -0.325. The Hall–Kier alpha value is -1.83. The van der Waals surface area contributed by atoms with E-state index < -0.39 is 6.04 Å². The van der Waals surface area contributed by atoms with Crippen LogP contribution in [0.3, 0.4) is 0 Å². The highest BCUT2D eigenvalue weighted by Gasteiger charge is 2.21. The van der Waals surface area contributed by atoms with Crippen LogP contribution in [0.5, 0.6) is 0 Å². The highest BCUT2D eigenvalue weighted by molar-refractivity contribution is 9.10. The molecule has 0 aromatic heterocycles. The number of hydrogen-bond acceptors (Lipinski definition) is 4. The number of rotatable bonds is 7. The van der Waals surface area contributed by atoms with E-state index in [4.69, 9.17) is 0 Å². The number of carbonyl (C=O) groups excluding carboxylic acids is 2. The molecule has 5 nitrogen and oxygen atoms in total. The number of aryl methyl sites for hydroxylation is 1. The molecule has 0 radical (unpaired) electrons. The summed E-state index contributed by atoms with van der Waals surface area (Å²) in [6, 6.07) is 12.9. The standard InChI is InChI=1S/C20H24BrN3O2S/c1-13-9-10-16(15(21)11-13)23-20(26)14(2)24(3)12-19(25)22-17-7-5-6-8-18(17)27-4/h5-11,14H,12H2,1-4H3,(H,22,25)(H,23,26). The molecule has 0 aliphatic rings. The first kappa shape index (κ1) is 21.5. The van der Waals surface area contributed by atoms with Gasteiger partial charge in [0.25, 0.3) is 0 Å². The van der Waals surface area contributed by atoms with E-state index in [1.807, 2.05) is 55.6 Å². The van der Waals surface area contributed by atoms with Crippen LogP contribution < -0.4 is 10.6 Å². The summed E-state index contributed by atoms with van der Waals surface area (Å²) in [6.45, 7) is 3.88. The maximum absolute atomic E-state index is 12.5. The number of halogens is 1. The van der Waals surface area contributed by atoms with E-state index in [1.54, 1.807) is 30.6 Å². The van der Waals surface area contributed by atoms with Crippen molar-refractivity contribution in [1.29, 1.82) is 0 Å². The molecule has 2 aromatic rings. The number of likely N-dealkylation sites (N-methyl/N-ethyl adjacent to an activating group) is 1. The molecule has 0 spiro atoms. The molecular formula is C20H24BrN3O2S. The highest BCUT2D eigenvalue weighted by atomic mass is 79.9. The molecule has 7 heteroatoms. The minimum Gasteiger partial charge on any atom is -0.324 e. The van der Waals surface area contributed by atoms with Crippen molar-refractivity contribution in [3.05, 3.63) is 52.5 Å². The van der Waals surface area contributed by atoms with Crippen molar-refractivity contribution in [1.82, 2.24) is 4.90 Å². The van der Waals surface area contributed by atoms with Crippen molar-refractivity contribution < 1.29 is 9.59 Å². The third-order valence-corrected chi connectivity index (χ3v) is 5.65. The lowest BCUT2D eigenvalue weighted by molar-refractivity contribution is -0.122. The fourth-order valence-corrected chi connectivity index (χ4v) is 3.61. The second-order valence-corrected chi connectivity index (χ2v) is 8.01. The molecule has 2 aromatic carbocycles. The van der Waals surface area contributed by atoms with Crippen LogP contribution in [-0.4, -0.2) is 42.6 Å². The second-order valence-electron chi connectivity index (χ2n) is 6.31. The van der Waals surface area contributed by atoms with Crippen molar-refractivity contribution in [2.45, 2.75) is 24.8 Å². The summed E-state index contributed by atoms with van der Waals surface area (Å²) < 4.78 is 0.831. The minimum atomic E-state index is -0.459. The van der Waals surface area contributed by atoms with E-state index >= 15 is 0 Å².